The van der Waals surface area contributed by atoms with Crippen molar-refractivity contribution in [1.82, 2.24) is 0 Å². The number of benzene rings is 1. The summed E-state index contributed by atoms with van der Waals surface area (Å²) in [5.74, 6) is 2.04. The molecule has 80 valence electrons. The summed E-state index contributed by atoms with van der Waals surface area (Å²) in [5, 5.41) is 8.69. The summed E-state index contributed by atoms with van der Waals surface area (Å²) >= 11 is 1.70. The third kappa shape index (κ3) is 3.93. The fourth-order valence-corrected chi connectivity index (χ4v) is 2.19. The first-order valence-electron chi connectivity index (χ1n) is 4.89. The van der Waals surface area contributed by atoms with Gasteiger partial charge in [0.1, 0.15) is 5.82 Å². The van der Waals surface area contributed by atoms with Gasteiger partial charge in [-0.1, -0.05) is 13.8 Å². The highest BCUT2D eigenvalue weighted by Gasteiger charge is 2.04. The first kappa shape index (κ1) is 12.1. The van der Waals surface area contributed by atoms with Crippen molar-refractivity contribution in [3.8, 4) is 6.07 Å². The molecular formula is C12H14FNS. The summed E-state index contributed by atoms with van der Waals surface area (Å²) in [6.45, 7) is 4.27. The molecule has 0 unspecified atom stereocenters. The Labute approximate surface area is 94.3 Å². The van der Waals surface area contributed by atoms with Crippen molar-refractivity contribution in [2.75, 3.05) is 5.75 Å². The van der Waals surface area contributed by atoms with Gasteiger partial charge in [-0.15, -0.1) is 0 Å². The van der Waals surface area contributed by atoms with E-state index in [2.05, 4.69) is 13.8 Å². The monoisotopic (exact) mass is 223 g/mol. The molecule has 0 aliphatic heterocycles. The highest BCUT2D eigenvalue weighted by Crippen LogP contribution is 2.18. The Hall–Kier alpha value is -1.01. The number of thioether (sulfide) groups is 1. The maximum atomic E-state index is 13.3. The van der Waals surface area contributed by atoms with Gasteiger partial charge in [0.05, 0.1) is 11.6 Å². The van der Waals surface area contributed by atoms with Gasteiger partial charge >= 0.3 is 0 Å². The lowest BCUT2D eigenvalue weighted by Crippen LogP contribution is -1.94. The summed E-state index contributed by atoms with van der Waals surface area (Å²) in [6, 6.07) is 6.52. The first-order chi connectivity index (χ1) is 7.13. The van der Waals surface area contributed by atoms with Gasteiger partial charge in [0.2, 0.25) is 0 Å². The van der Waals surface area contributed by atoms with Crippen LogP contribution in [0.4, 0.5) is 4.39 Å². The van der Waals surface area contributed by atoms with Crippen molar-refractivity contribution < 1.29 is 4.39 Å². The van der Waals surface area contributed by atoms with Gasteiger partial charge in [0, 0.05) is 5.75 Å². The molecule has 1 aromatic rings. The van der Waals surface area contributed by atoms with Crippen LogP contribution in [-0.2, 0) is 5.75 Å². The number of nitrogens with zero attached hydrogens (tertiary/aromatic N) is 1. The number of halogens is 1. The Morgan fingerprint density at radius 3 is 2.80 bits per heavy atom. The lowest BCUT2D eigenvalue weighted by atomic mass is 10.1. The van der Waals surface area contributed by atoms with E-state index in [1.165, 1.54) is 12.1 Å². The van der Waals surface area contributed by atoms with Crippen molar-refractivity contribution >= 4 is 11.8 Å². The van der Waals surface area contributed by atoms with Gasteiger partial charge in [-0.25, -0.2) is 4.39 Å². The molecule has 1 nitrogen and oxygen atoms in total. The second kappa shape index (κ2) is 5.77. The fraction of sp³-hybridized carbons (Fsp3) is 0.417. The minimum Gasteiger partial charge on any atom is -0.207 e. The lowest BCUT2D eigenvalue weighted by Gasteiger charge is -2.05. The molecule has 0 spiro atoms. The van der Waals surface area contributed by atoms with Crippen LogP contribution in [-0.4, -0.2) is 5.75 Å². The Bertz CT molecular complexity index is 368. The van der Waals surface area contributed by atoms with Gasteiger partial charge in [0.25, 0.3) is 0 Å². The molecule has 0 saturated carbocycles. The summed E-state index contributed by atoms with van der Waals surface area (Å²) in [4.78, 5) is 0. The van der Waals surface area contributed by atoms with Crippen molar-refractivity contribution in [2.24, 2.45) is 5.92 Å². The predicted molar refractivity (Wildman–Crippen MR) is 62.1 cm³/mol. The number of rotatable bonds is 4. The van der Waals surface area contributed by atoms with Gasteiger partial charge in [-0.05, 0) is 35.4 Å². The van der Waals surface area contributed by atoms with Gasteiger partial charge in [0.15, 0.2) is 0 Å². The Kier molecular flexibility index (Phi) is 4.64. The highest BCUT2D eigenvalue weighted by molar-refractivity contribution is 7.98. The fourth-order valence-electron chi connectivity index (χ4n) is 1.16. The first-order valence-corrected chi connectivity index (χ1v) is 6.05. The van der Waals surface area contributed by atoms with Crippen LogP contribution < -0.4 is 0 Å². The molecule has 0 saturated heterocycles. The Balaban J connectivity index is 2.64. The SMILES string of the molecule is CC(C)CSCc1cc(C#N)ccc1F. The zero-order chi connectivity index (χ0) is 11.3. The average molecular weight is 223 g/mol. The van der Waals surface area contributed by atoms with Crippen molar-refractivity contribution in [1.29, 1.82) is 5.26 Å². The molecule has 0 atom stereocenters. The molecule has 0 fully saturated rings. The quantitative estimate of drug-likeness (QED) is 0.779. The van der Waals surface area contributed by atoms with Crippen LogP contribution in [0, 0.1) is 23.1 Å². The standard InChI is InChI=1S/C12H14FNS/c1-9(2)7-15-8-11-5-10(6-14)3-4-12(11)13/h3-5,9H,7-8H2,1-2H3. The van der Waals surface area contributed by atoms with Crippen LogP contribution in [0.15, 0.2) is 18.2 Å². The zero-order valence-electron chi connectivity index (χ0n) is 8.96. The predicted octanol–water partition coefficient (Wildman–Crippen LogP) is 3.59. The van der Waals surface area contributed by atoms with Crippen LogP contribution in [0.25, 0.3) is 0 Å². The Morgan fingerprint density at radius 1 is 1.47 bits per heavy atom. The minimum absolute atomic E-state index is 0.217. The van der Waals surface area contributed by atoms with E-state index in [9.17, 15) is 4.39 Å². The molecule has 0 N–H and O–H groups in total. The Morgan fingerprint density at radius 2 is 2.20 bits per heavy atom. The molecule has 0 aliphatic carbocycles. The van der Waals surface area contributed by atoms with E-state index in [1.54, 1.807) is 17.8 Å². The summed E-state index contributed by atoms with van der Waals surface area (Å²) in [7, 11) is 0. The van der Waals surface area contributed by atoms with E-state index in [0.29, 0.717) is 22.8 Å². The van der Waals surface area contributed by atoms with Gasteiger partial charge in [-0.3, -0.25) is 0 Å². The molecule has 15 heavy (non-hydrogen) atoms. The van der Waals surface area contributed by atoms with Crippen LogP contribution in [0.1, 0.15) is 25.0 Å². The second-order valence-electron chi connectivity index (χ2n) is 3.83. The summed E-state index contributed by atoms with van der Waals surface area (Å²) in [6.07, 6.45) is 0. The molecule has 0 bridgehead atoms. The normalized spacial score (nSPS) is 10.3. The van der Waals surface area contributed by atoms with Crippen LogP contribution >= 0.6 is 11.8 Å². The largest absolute Gasteiger partial charge is 0.207 e. The minimum atomic E-state index is -0.217. The summed E-state index contributed by atoms with van der Waals surface area (Å²) in [5.41, 5.74) is 1.15. The molecule has 0 amide bonds. The topological polar surface area (TPSA) is 23.8 Å². The van der Waals surface area contributed by atoms with E-state index in [4.69, 9.17) is 5.26 Å². The molecule has 0 heterocycles. The highest BCUT2D eigenvalue weighted by atomic mass is 32.2. The van der Waals surface area contributed by atoms with Crippen molar-refractivity contribution in [3.05, 3.63) is 35.1 Å². The van der Waals surface area contributed by atoms with E-state index in [-0.39, 0.29) is 5.82 Å². The van der Waals surface area contributed by atoms with Gasteiger partial charge < -0.3 is 0 Å². The summed E-state index contributed by atoms with van der Waals surface area (Å²) < 4.78 is 13.3. The van der Waals surface area contributed by atoms with E-state index >= 15 is 0 Å². The van der Waals surface area contributed by atoms with Crippen molar-refractivity contribution in [3.63, 3.8) is 0 Å². The van der Waals surface area contributed by atoms with Crippen molar-refractivity contribution in [2.45, 2.75) is 19.6 Å². The van der Waals surface area contributed by atoms with Crippen LogP contribution in [0.5, 0.6) is 0 Å². The molecule has 1 rings (SSSR count). The molecule has 3 heteroatoms. The number of hydrogen-bond donors (Lipinski definition) is 0. The molecule has 0 aromatic heterocycles. The average Bonchev–Trinajstić information content (AvgIpc) is 2.20. The maximum absolute atomic E-state index is 13.3. The number of hydrogen-bond acceptors (Lipinski definition) is 2. The smallest absolute Gasteiger partial charge is 0.127 e. The van der Waals surface area contributed by atoms with Crippen LogP contribution in [0.2, 0.25) is 0 Å². The molecule has 0 radical (unpaired) electrons. The van der Waals surface area contributed by atoms with E-state index in [0.717, 1.165) is 5.75 Å². The third-order valence-electron chi connectivity index (χ3n) is 1.88. The van der Waals surface area contributed by atoms with Gasteiger partial charge in [-0.2, -0.15) is 17.0 Å². The second-order valence-corrected chi connectivity index (χ2v) is 4.86. The zero-order valence-corrected chi connectivity index (χ0v) is 9.77. The van der Waals surface area contributed by atoms with E-state index < -0.39 is 0 Å². The third-order valence-corrected chi connectivity index (χ3v) is 3.30. The lowest BCUT2D eigenvalue weighted by molar-refractivity contribution is 0.617. The number of nitriles is 1. The maximum Gasteiger partial charge on any atom is 0.127 e. The van der Waals surface area contributed by atoms with Crippen LogP contribution in [0.3, 0.4) is 0 Å². The molecular weight excluding hydrogens is 209 g/mol. The van der Waals surface area contributed by atoms with E-state index in [1.807, 2.05) is 6.07 Å². The molecule has 0 aliphatic rings. The molecule has 1 aromatic carbocycles.